The first-order valence-corrected chi connectivity index (χ1v) is 8.79. The quantitative estimate of drug-likeness (QED) is 0.891. The third-order valence-electron chi connectivity index (χ3n) is 5.34. The molecule has 1 atom stereocenters. The maximum absolute atomic E-state index is 10.4. The first-order chi connectivity index (χ1) is 11.3. The molecule has 0 amide bonds. The topological polar surface area (TPSA) is 52.2 Å². The molecule has 0 spiro atoms. The van der Waals surface area contributed by atoms with E-state index in [1.54, 1.807) is 18.0 Å². The number of piperidine rings is 1. The van der Waals surface area contributed by atoms with Crippen molar-refractivity contribution in [3.05, 3.63) is 53.6 Å². The fourth-order valence-corrected chi connectivity index (χ4v) is 3.80. The van der Waals surface area contributed by atoms with Crippen molar-refractivity contribution < 1.29 is 5.11 Å². The number of likely N-dealkylation sites (tertiary alicyclic amines) is 1. The summed E-state index contributed by atoms with van der Waals surface area (Å²) < 4.78 is 0. The highest BCUT2D eigenvalue weighted by atomic mass is 16.3. The lowest BCUT2D eigenvalue weighted by molar-refractivity contribution is 0.0514. The van der Waals surface area contributed by atoms with E-state index in [0.29, 0.717) is 11.7 Å². The zero-order valence-electron chi connectivity index (χ0n) is 13.5. The van der Waals surface area contributed by atoms with Crippen LogP contribution in [0.25, 0.3) is 0 Å². The van der Waals surface area contributed by atoms with Crippen LogP contribution < -0.4 is 0 Å². The van der Waals surface area contributed by atoms with Crippen LogP contribution in [0.4, 0.5) is 0 Å². The van der Waals surface area contributed by atoms with Gasteiger partial charge in [0.15, 0.2) is 0 Å². The van der Waals surface area contributed by atoms with E-state index in [0.717, 1.165) is 38.4 Å². The number of nitrogens with one attached hydrogen (secondary N) is 1. The van der Waals surface area contributed by atoms with Crippen LogP contribution in [0.15, 0.2) is 36.7 Å². The summed E-state index contributed by atoms with van der Waals surface area (Å²) >= 11 is 0. The van der Waals surface area contributed by atoms with Gasteiger partial charge in [0, 0.05) is 18.9 Å². The molecule has 1 unspecified atom stereocenters. The molecule has 2 N–H and O–H groups in total. The smallest absolute Gasteiger partial charge is 0.135 e. The number of benzene rings is 1. The van der Waals surface area contributed by atoms with Gasteiger partial charge in [-0.05, 0) is 61.7 Å². The van der Waals surface area contributed by atoms with Gasteiger partial charge in [0.25, 0.3) is 0 Å². The molecule has 2 heterocycles. The van der Waals surface area contributed by atoms with Gasteiger partial charge >= 0.3 is 0 Å². The molecule has 4 heteroatoms. The van der Waals surface area contributed by atoms with Crippen molar-refractivity contribution in [3.63, 3.8) is 0 Å². The van der Waals surface area contributed by atoms with Crippen LogP contribution in [-0.4, -0.2) is 33.1 Å². The fraction of sp³-hybridized carbons (Fsp3) is 0.526. The van der Waals surface area contributed by atoms with Gasteiger partial charge in [-0.25, -0.2) is 4.98 Å². The van der Waals surface area contributed by atoms with Crippen molar-refractivity contribution in [2.75, 3.05) is 13.1 Å². The normalized spacial score (nSPS) is 21.4. The highest BCUT2D eigenvalue weighted by molar-refractivity contribution is 5.33. The molecule has 1 aliphatic carbocycles. The molecule has 4 nitrogen and oxygen atoms in total. The summed E-state index contributed by atoms with van der Waals surface area (Å²) in [6, 6.07) is 8.93. The molecule has 122 valence electrons. The fourth-order valence-electron chi connectivity index (χ4n) is 3.80. The van der Waals surface area contributed by atoms with Crippen LogP contribution in [-0.2, 0) is 6.54 Å². The first-order valence-electron chi connectivity index (χ1n) is 8.79. The van der Waals surface area contributed by atoms with E-state index in [2.05, 4.69) is 39.1 Å². The number of aromatic nitrogens is 2. The maximum Gasteiger partial charge on any atom is 0.135 e. The molecular weight excluding hydrogens is 286 g/mol. The average Bonchev–Trinajstić information content (AvgIpc) is 3.29. The van der Waals surface area contributed by atoms with Crippen molar-refractivity contribution in [2.45, 2.75) is 44.2 Å². The van der Waals surface area contributed by atoms with E-state index in [9.17, 15) is 5.11 Å². The molecule has 1 aliphatic heterocycles. The van der Waals surface area contributed by atoms with Crippen LogP contribution in [0.5, 0.6) is 0 Å². The minimum atomic E-state index is -0.453. The molecule has 1 saturated carbocycles. The summed E-state index contributed by atoms with van der Waals surface area (Å²) in [5.41, 5.74) is 3.06. The molecule has 0 bridgehead atoms. The van der Waals surface area contributed by atoms with E-state index in [1.807, 2.05) is 0 Å². The Labute approximate surface area is 137 Å². The maximum atomic E-state index is 10.4. The molecule has 2 aromatic rings. The van der Waals surface area contributed by atoms with Gasteiger partial charge in [-0.3, -0.25) is 4.90 Å². The van der Waals surface area contributed by atoms with Gasteiger partial charge < -0.3 is 10.1 Å². The second-order valence-electron chi connectivity index (χ2n) is 7.01. The largest absolute Gasteiger partial charge is 0.385 e. The van der Waals surface area contributed by atoms with Gasteiger partial charge in [0.1, 0.15) is 11.9 Å². The van der Waals surface area contributed by atoms with Gasteiger partial charge in [0.05, 0.1) is 0 Å². The number of aliphatic hydroxyl groups is 1. The van der Waals surface area contributed by atoms with Gasteiger partial charge in [0.2, 0.25) is 0 Å². The molecule has 1 saturated heterocycles. The Kier molecular flexibility index (Phi) is 4.19. The number of nitrogens with zero attached hydrogens (tertiary/aromatic N) is 2. The van der Waals surface area contributed by atoms with Gasteiger partial charge in [-0.1, -0.05) is 24.3 Å². The zero-order valence-corrected chi connectivity index (χ0v) is 13.5. The molecular formula is C19H25N3O. The van der Waals surface area contributed by atoms with Crippen LogP contribution >= 0.6 is 0 Å². The van der Waals surface area contributed by atoms with Crippen molar-refractivity contribution >= 4 is 0 Å². The predicted molar refractivity (Wildman–Crippen MR) is 90.0 cm³/mol. The molecule has 0 radical (unpaired) electrons. The highest BCUT2D eigenvalue weighted by Gasteiger charge is 2.29. The van der Waals surface area contributed by atoms with Crippen LogP contribution in [0.1, 0.15) is 54.7 Å². The Morgan fingerprint density at radius 3 is 2.65 bits per heavy atom. The number of imidazole rings is 1. The lowest BCUT2D eigenvalue weighted by Gasteiger charge is -2.34. The molecule has 1 aromatic heterocycles. The summed E-state index contributed by atoms with van der Waals surface area (Å²) in [5.74, 6) is 1.84. The Morgan fingerprint density at radius 1 is 1.17 bits per heavy atom. The monoisotopic (exact) mass is 311 g/mol. The lowest BCUT2D eigenvalue weighted by atomic mass is 9.90. The predicted octanol–water partition coefficient (Wildman–Crippen LogP) is 3.23. The molecule has 1 aromatic carbocycles. The molecule has 4 rings (SSSR count). The van der Waals surface area contributed by atoms with Crippen molar-refractivity contribution in [3.8, 4) is 0 Å². The SMILES string of the molecule is OC(c1ncc[nH]1)C1CCN(Cc2ccccc2C2CC2)CC1. The van der Waals surface area contributed by atoms with E-state index in [-0.39, 0.29) is 0 Å². The minimum absolute atomic E-state index is 0.316. The zero-order chi connectivity index (χ0) is 15.6. The number of hydrogen-bond donors (Lipinski definition) is 2. The van der Waals surface area contributed by atoms with E-state index in [4.69, 9.17) is 0 Å². The number of aliphatic hydroxyl groups excluding tert-OH is 1. The van der Waals surface area contributed by atoms with Crippen LogP contribution in [0.3, 0.4) is 0 Å². The highest BCUT2D eigenvalue weighted by Crippen LogP contribution is 2.42. The average molecular weight is 311 g/mol. The standard InChI is InChI=1S/C19H25N3O/c23-18(19-20-9-10-21-19)15-7-11-22(12-8-15)13-16-3-1-2-4-17(16)14-5-6-14/h1-4,9-10,14-15,18,23H,5-8,11-13H2,(H,20,21). The third-order valence-corrected chi connectivity index (χ3v) is 5.34. The second-order valence-corrected chi connectivity index (χ2v) is 7.01. The summed E-state index contributed by atoms with van der Waals surface area (Å²) in [6.07, 6.45) is 7.82. The van der Waals surface area contributed by atoms with Crippen LogP contribution in [0, 0.1) is 5.92 Å². The van der Waals surface area contributed by atoms with Crippen LogP contribution in [0.2, 0.25) is 0 Å². The van der Waals surface area contributed by atoms with E-state index < -0.39 is 6.10 Å². The molecule has 2 aliphatic rings. The van der Waals surface area contributed by atoms with Crippen molar-refractivity contribution in [2.24, 2.45) is 5.92 Å². The number of H-pyrrole nitrogens is 1. The molecule has 2 fully saturated rings. The number of aromatic amines is 1. The van der Waals surface area contributed by atoms with Crippen molar-refractivity contribution in [1.82, 2.24) is 14.9 Å². The lowest BCUT2D eigenvalue weighted by Crippen LogP contribution is -2.35. The summed E-state index contributed by atoms with van der Waals surface area (Å²) in [6.45, 7) is 3.17. The Balaban J connectivity index is 1.35. The van der Waals surface area contributed by atoms with Gasteiger partial charge in [-0.15, -0.1) is 0 Å². The Morgan fingerprint density at radius 2 is 1.96 bits per heavy atom. The third kappa shape index (κ3) is 3.33. The Hall–Kier alpha value is -1.65. The summed E-state index contributed by atoms with van der Waals surface area (Å²) in [4.78, 5) is 9.77. The first kappa shape index (κ1) is 14.9. The van der Waals surface area contributed by atoms with E-state index >= 15 is 0 Å². The second kappa shape index (κ2) is 6.46. The van der Waals surface area contributed by atoms with E-state index in [1.165, 1.54) is 18.4 Å². The number of rotatable bonds is 5. The van der Waals surface area contributed by atoms with Gasteiger partial charge in [-0.2, -0.15) is 0 Å². The Bertz CT molecular complexity index is 628. The summed E-state index contributed by atoms with van der Waals surface area (Å²) in [5, 5.41) is 10.4. The minimum Gasteiger partial charge on any atom is -0.385 e. The van der Waals surface area contributed by atoms with Crippen molar-refractivity contribution in [1.29, 1.82) is 0 Å². The molecule has 23 heavy (non-hydrogen) atoms. The summed E-state index contributed by atoms with van der Waals surface area (Å²) in [7, 11) is 0. The number of hydrogen-bond acceptors (Lipinski definition) is 3.